The Hall–Kier alpha value is -1.43. The highest BCUT2D eigenvalue weighted by molar-refractivity contribution is 5.80. The van der Waals surface area contributed by atoms with Crippen LogP contribution >= 0.6 is 0 Å². The number of ether oxygens (including phenoxy) is 1. The van der Waals surface area contributed by atoms with Gasteiger partial charge in [-0.2, -0.15) is 5.10 Å². The van der Waals surface area contributed by atoms with Crippen LogP contribution in [-0.4, -0.2) is 31.9 Å². The zero-order chi connectivity index (χ0) is 14.3. The van der Waals surface area contributed by atoms with Gasteiger partial charge in [0.25, 0.3) is 0 Å². The minimum Gasteiger partial charge on any atom is -0.459 e. The Morgan fingerprint density at radius 3 is 2.63 bits per heavy atom. The molecule has 1 aliphatic rings. The molecule has 0 saturated heterocycles. The molecule has 0 bridgehead atoms. The number of carbonyl (C=O) groups is 1. The van der Waals surface area contributed by atoms with Crippen LogP contribution in [0.15, 0.2) is 6.33 Å². The van der Waals surface area contributed by atoms with Gasteiger partial charge in [-0.05, 0) is 40.5 Å². The monoisotopic (exact) mass is 266 g/mol. The van der Waals surface area contributed by atoms with Gasteiger partial charge in [-0.25, -0.2) is 9.78 Å². The highest BCUT2D eigenvalue weighted by atomic mass is 16.6. The molecule has 0 aromatic carbocycles. The molecule has 19 heavy (non-hydrogen) atoms. The summed E-state index contributed by atoms with van der Waals surface area (Å²) in [5.74, 6) is 0.912. The summed E-state index contributed by atoms with van der Waals surface area (Å²) in [6, 6.07) is 0. The van der Waals surface area contributed by atoms with E-state index >= 15 is 0 Å². The van der Waals surface area contributed by atoms with E-state index in [1.807, 2.05) is 20.8 Å². The quantitative estimate of drug-likeness (QED) is 0.828. The third kappa shape index (κ3) is 3.76. The van der Waals surface area contributed by atoms with Gasteiger partial charge in [-0.15, -0.1) is 0 Å². The molecule has 6 nitrogen and oxygen atoms in total. The Morgan fingerprint density at radius 1 is 1.47 bits per heavy atom. The maximum absolute atomic E-state index is 12.0. The smallest absolute Gasteiger partial charge is 0.328 e. The summed E-state index contributed by atoms with van der Waals surface area (Å²) in [4.78, 5) is 16.3. The number of esters is 1. The Bertz CT molecular complexity index is 469. The minimum atomic E-state index is -1.11. The van der Waals surface area contributed by atoms with Gasteiger partial charge in [0.15, 0.2) is 5.82 Å². The molecule has 2 rings (SSSR count). The molecule has 1 aliphatic carbocycles. The van der Waals surface area contributed by atoms with Gasteiger partial charge in [0, 0.05) is 5.92 Å². The van der Waals surface area contributed by atoms with Gasteiger partial charge in [0.1, 0.15) is 17.5 Å². The summed E-state index contributed by atoms with van der Waals surface area (Å²) in [5.41, 5.74) is 4.39. The average molecular weight is 266 g/mol. The van der Waals surface area contributed by atoms with Gasteiger partial charge in [-0.3, -0.25) is 4.68 Å². The van der Waals surface area contributed by atoms with Crippen molar-refractivity contribution in [2.24, 2.45) is 5.73 Å². The van der Waals surface area contributed by atoms with Crippen molar-refractivity contribution in [3.8, 4) is 0 Å². The zero-order valence-electron chi connectivity index (χ0n) is 12.0. The molecular weight excluding hydrogens is 244 g/mol. The van der Waals surface area contributed by atoms with E-state index in [2.05, 4.69) is 10.1 Å². The molecule has 1 saturated carbocycles. The molecule has 1 aromatic rings. The van der Waals surface area contributed by atoms with Crippen LogP contribution in [-0.2, 0) is 16.1 Å². The summed E-state index contributed by atoms with van der Waals surface area (Å²) < 4.78 is 6.94. The number of hydrogen-bond acceptors (Lipinski definition) is 5. The summed E-state index contributed by atoms with van der Waals surface area (Å²) in [6.07, 6.45) is 3.93. The van der Waals surface area contributed by atoms with E-state index in [4.69, 9.17) is 10.5 Å². The zero-order valence-corrected chi connectivity index (χ0v) is 12.0. The molecule has 0 amide bonds. The van der Waals surface area contributed by atoms with Gasteiger partial charge < -0.3 is 10.5 Å². The van der Waals surface area contributed by atoms with Crippen molar-refractivity contribution in [2.75, 3.05) is 0 Å². The van der Waals surface area contributed by atoms with E-state index in [0.717, 1.165) is 18.7 Å². The van der Waals surface area contributed by atoms with Crippen molar-refractivity contribution in [1.29, 1.82) is 0 Å². The Kier molecular flexibility index (Phi) is 3.38. The van der Waals surface area contributed by atoms with Crippen LogP contribution in [0.25, 0.3) is 0 Å². The predicted molar refractivity (Wildman–Crippen MR) is 70.4 cm³/mol. The Morgan fingerprint density at radius 2 is 2.11 bits per heavy atom. The molecule has 1 atom stereocenters. The summed E-state index contributed by atoms with van der Waals surface area (Å²) in [7, 11) is 0. The molecule has 106 valence electrons. The maximum atomic E-state index is 12.0. The van der Waals surface area contributed by atoms with E-state index in [1.54, 1.807) is 17.9 Å². The number of hydrogen-bond donors (Lipinski definition) is 1. The van der Waals surface area contributed by atoms with Crippen LogP contribution in [0, 0.1) is 0 Å². The van der Waals surface area contributed by atoms with Gasteiger partial charge >= 0.3 is 5.97 Å². The van der Waals surface area contributed by atoms with E-state index in [1.165, 1.54) is 0 Å². The van der Waals surface area contributed by atoms with Crippen LogP contribution in [0.2, 0.25) is 0 Å². The molecule has 0 radical (unpaired) electrons. The van der Waals surface area contributed by atoms with E-state index < -0.39 is 17.1 Å². The normalized spacial score (nSPS) is 19.0. The minimum absolute atomic E-state index is 0.266. The molecule has 0 spiro atoms. The lowest BCUT2D eigenvalue weighted by atomic mass is 10.0. The molecule has 2 N–H and O–H groups in total. The Balaban J connectivity index is 2.00. The Labute approximate surface area is 113 Å². The number of rotatable bonds is 4. The summed E-state index contributed by atoms with van der Waals surface area (Å²) >= 11 is 0. The highest BCUT2D eigenvalue weighted by Crippen LogP contribution is 2.37. The SMILES string of the molecule is CC(C)(C)OC(=O)C(C)(N)Cn1cnc(C2CC2)n1. The van der Waals surface area contributed by atoms with Crippen LogP contribution in [0.1, 0.15) is 52.3 Å². The van der Waals surface area contributed by atoms with E-state index in [-0.39, 0.29) is 6.54 Å². The second-order valence-electron chi connectivity index (χ2n) is 6.49. The molecule has 1 fully saturated rings. The van der Waals surface area contributed by atoms with Gasteiger partial charge in [0.2, 0.25) is 0 Å². The first-order valence-electron chi connectivity index (χ1n) is 6.59. The maximum Gasteiger partial charge on any atom is 0.328 e. The largest absolute Gasteiger partial charge is 0.459 e. The second-order valence-corrected chi connectivity index (χ2v) is 6.49. The fourth-order valence-corrected chi connectivity index (χ4v) is 1.71. The second kappa shape index (κ2) is 4.59. The number of carbonyl (C=O) groups excluding carboxylic acids is 1. The molecular formula is C13H22N4O2. The van der Waals surface area contributed by atoms with Crippen LogP contribution < -0.4 is 5.73 Å². The third-order valence-corrected chi connectivity index (χ3v) is 2.85. The standard InChI is InChI=1S/C13H22N4O2/c1-12(2,3)19-11(18)13(4,14)7-17-8-15-10(16-17)9-5-6-9/h8-9H,5-7,14H2,1-4H3. The third-order valence-electron chi connectivity index (χ3n) is 2.85. The lowest BCUT2D eigenvalue weighted by Gasteiger charge is -2.28. The van der Waals surface area contributed by atoms with Crippen molar-refractivity contribution in [1.82, 2.24) is 14.8 Å². The predicted octanol–water partition coefficient (Wildman–Crippen LogP) is 1.21. The molecule has 1 aromatic heterocycles. The summed E-state index contributed by atoms with van der Waals surface area (Å²) in [5, 5.41) is 4.35. The molecule has 1 heterocycles. The van der Waals surface area contributed by atoms with Crippen LogP contribution in [0.4, 0.5) is 0 Å². The fourth-order valence-electron chi connectivity index (χ4n) is 1.71. The van der Waals surface area contributed by atoms with Crippen molar-refractivity contribution in [2.45, 2.75) is 64.1 Å². The molecule has 1 unspecified atom stereocenters. The molecule has 6 heteroatoms. The van der Waals surface area contributed by atoms with Crippen molar-refractivity contribution >= 4 is 5.97 Å². The average Bonchev–Trinajstić information content (AvgIpc) is 2.98. The van der Waals surface area contributed by atoms with E-state index in [9.17, 15) is 4.79 Å². The van der Waals surface area contributed by atoms with Crippen LogP contribution in [0.5, 0.6) is 0 Å². The lowest BCUT2D eigenvalue weighted by molar-refractivity contribution is -0.161. The first kappa shape index (κ1) is 14.0. The number of nitrogens with two attached hydrogens (primary N) is 1. The number of nitrogens with zero attached hydrogens (tertiary/aromatic N) is 3. The van der Waals surface area contributed by atoms with Crippen molar-refractivity contribution < 1.29 is 9.53 Å². The van der Waals surface area contributed by atoms with Crippen LogP contribution in [0.3, 0.4) is 0 Å². The molecule has 0 aliphatic heterocycles. The fraction of sp³-hybridized carbons (Fsp3) is 0.769. The number of aromatic nitrogens is 3. The first-order valence-corrected chi connectivity index (χ1v) is 6.59. The van der Waals surface area contributed by atoms with Crippen molar-refractivity contribution in [3.05, 3.63) is 12.2 Å². The lowest BCUT2D eigenvalue weighted by Crippen LogP contribution is -2.51. The van der Waals surface area contributed by atoms with Crippen molar-refractivity contribution in [3.63, 3.8) is 0 Å². The topological polar surface area (TPSA) is 83.0 Å². The van der Waals surface area contributed by atoms with Gasteiger partial charge in [0.05, 0.1) is 6.54 Å². The first-order chi connectivity index (χ1) is 8.67. The highest BCUT2D eigenvalue weighted by Gasteiger charge is 2.35. The summed E-state index contributed by atoms with van der Waals surface area (Å²) in [6.45, 7) is 7.38. The van der Waals surface area contributed by atoms with Gasteiger partial charge in [-0.1, -0.05) is 0 Å². The van der Waals surface area contributed by atoms with E-state index in [0.29, 0.717) is 5.92 Å².